The first-order chi connectivity index (χ1) is 9.89. The number of carbonyl (C=O) groups excluding carboxylic acids is 1. The van der Waals surface area contributed by atoms with Gasteiger partial charge in [0.1, 0.15) is 5.82 Å². The Kier molecular flexibility index (Phi) is 6.55. The second-order valence-corrected chi connectivity index (χ2v) is 5.15. The van der Waals surface area contributed by atoms with E-state index in [0.717, 1.165) is 24.6 Å². The van der Waals surface area contributed by atoms with Crippen molar-refractivity contribution < 1.29 is 18.3 Å². The monoisotopic (exact) mass is 300 g/mol. The van der Waals surface area contributed by atoms with Gasteiger partial charge >= 0.3 is 0 Å². The van der Waals surface area contributed by atoms with Crippen LogP contribution in [0.3, 0.4) is 0 Å². The Morgan fingerprint density at radius 3 is 2.76 bits per heavy atom. The molecule has 1 aromatic carbocycles. The summed E-state index contributed by atoms with van der Waals surface area (Å²) < 4.78 is 31.5. The van der Waals surface area contributed by atoms with Crippen LogP contribution in [0.4, 0.5) is 8.78 Å². The van der Waals surface area contributed by atoms with Crippen molar-refractivity contribution in [2.24, 2.45) is 5.73 Å². The minimum atomic E-state index is -0.820. The van der Waals surface area contributed by atoms with Gasteiger partial charge in [0.2, 0.25) is 5.91 Å². The quantitative estimate of drug-likeness (QED) is 0.688. The van der Waals surface area contributed by atoms with Crippen molar-refractivity contribution in [2.45, 2.75) is 38.6 Å². The molecule has 118 valence electrons. The highest BCUT2D eigenvalue weighted by molar-refractivity contribution is 5.84. The van der Waals surface area contributed by atoms with Crippen LogP contribution in [0.25, 0.3) is 0 Å². The predicted molar refractivity (Wildman–Crippen MR) is 77.0 cm³/mol. The number of benzene rings is 1. The number of nitrogens with one attached hydrogen (secondary N) is 1. The highest BCUT2D eigenvalue weighted by Gasteiger charge is 2.29. The number of rotatable bonds is 9. The average Bonchev–Trinajstić information content (AvgIpc) is 2.44. The van der Waals surface area contributed by atoms with Crippen LogP contribution in [-0.2, 0) is 4.79 Å². The van der Waals surface area contributed by atoms with Gasteiger partial charge in [0.25, 0.3) is 0 Å². The number of ether oxygens (including phenoxy) is 1. The highest BCUT2D eigenvalue weighted by atomic mass is 19.1. The van der Waals surface area contributed by atoms with Gasteiger partial charge in [-0.3, -0.25) is 4.79 Å². The van der Waals surface area contributed by atoms with Crippen LogP contribution < -0.4 is 15.8 Å². The van der Waals surface area contributed by atoms with E-state index in [2.05, 4.69) is 5.32 Å². The first-order valence-corrected chi connectivity index (χ1v) is 7.02. The molecular weight excluding hydrogens is 278 g/mol. The van der Waals surface area contributed by atoms with Crippen LogP contribution in [0.5, 0.6) is 5.75 Å². The average molecular weight is 300 g/mol. The lowest BCUT2D eigenvalue weighted by atomic mass is 9.95. The summed E-state index contributed by atoms with van der Waals surface area (Å²) in [4.78, 5) is 11.5. The molecule has 0 saturated heterocycles. The van der Waals surface area contributed by atoms with Crippen LogP contribution in [0, 0.1) is 11.6 Å². The Bertz CT molecular complexity index is 483. The molecule has 0 heterocycles. The molecule has 0 spiro atoms. The summed E-state index contributed by atoms with van der Waals surface area (Å²) in [5.74, 6) is -1.73. The zero-order chi connectivity index (χ0) is 15.9. The third-order valence-electron chi connectivity index (χ3n) is 3.28. The molecule has 0 aliphatic heterocycles. The van der Waals surface area contributed by atoms with Crippen molar-refractivity contribution in [3.8, 4) is 5.75 Å². The first kappa shape index (κ1) is 17.4. The fraction of sp³-hybridized carbons (Fsp3) is 0.533. The van der Waals surface area contributed by atoms with Gasteiger partial charge < -0.3 is 15.8 Å². The molecule has 1 atom stereocenters. The standard InChI is InChI=1S/C15H22F2N2O2/c1-3-8-19-15(2,14(18)20)7-4-9-21-13-10-11(16)5-6-12(13)17/h5-6,10,19H,3-4,7-9H2,1-2H3,(H2,18,20). The summed E-state index contributed by atoms with van der Waals surface area (Å²) >= 11 is 0. The second kappa shape index (κ2) is 7.93. The number of halogens is 2. The summed E-state index contributed by atoms with van der Waals surface area (Å²) in [6, 6.07) is 3.04. The number of hydrogen-bond acceptors (Lipinski definition) is 3. The topological polar surface area (TPSA) is 64.3 Å². The molecule has 4 nitrogen and oxygen atoms in total. The summed E-state index contributed by atoms with van der Waals surface area (Å²) in [5, 5.41) is 3.10. The normalized spacial score (nSPS) is 13.7. The van der Waals surface area contributed by atoms with Gasteiger partial charge in [-0.2, -0.15) is 0 Å². The van der Waals surface area contributed by atoms with Crippen molar-refractivity contribution in [3.05, 3.63) is 29.8 Å². The smallest absolute Gasteiger partial charge is 0.237 e. The van der Waals surface area contributed by atoms with Gasteiger partial charge in [0, 0.05) is 6.07 Å². The van der Waals surface area contributed by atoms with Crippen molar-refractivity contribution >= 4 is 5.91 Å². The van der Waals surface area contributed by atoms with Crippen LogP contribution >= 0.6 is 0 Å². The molecule has 0 saturated carbocycles. The van der Waals surface area contributed by atoms with E-state index in [9.17, 15) is 13.6 Å². The largest absolute Gasteiger partial charge is 0.490 e. The molecule has 1 rings (SSSR count). The van der Waals surface area contributed by atoms with Crippen molar-refractivity contribution in [2.75, 3.05) is 13.2 Å². The molecule has 0 aliphatic carbocycles. The lowest BCUT2D eigenvalue weighted by Crippen LogP contribution is -2.53. The van der Waals surface area contributed by atoms with E-state index >= 15 is 0 Å². The van der Waals surface area contributed by atoms with Crippen LogP contribution in [0.1, 0.15) is 33.1 Å². The number of carbonyl (C=O) groups is 1. The van der Waals surface area contributed by atoms with Gasteiger partial charge in [-0.25, -0.2) is 8.78 Å². The second-order valence-electron chi connectivity index (χ2n) is 5.15. The lowest BCUT2D eigenvalue weighted by Gasteiger charge is -2.27. The molecule has 0 aromatic heterocycles. The molecule has 0 aliphatic rings. The first-order valence-electron chi connectivity index (χ1n) is 7.02. The van der Waals surface area contributed by atoms with Crippen molar-refractivity contribution in [3.63, 3.8) is 0 Å². The van der Waals surface area contributed by atoms with Gasteiger partial charge in [-0.1, -0.05) is 6.92 Å². The number of nitrogens with two attached hydrogens (primary N) is 1. The van der Waals surface area contributed by atoms with E-state index in [1.54, 1.807) is 6.92 Å². The Labute approximate surface area is 123 Å². The fourth-order valence-corrected chi connectivity index (χ4v) is 1.90. The van der Waals surface area contributed by atoms with E-state index in [1.165, 1.54) is 0 Å². The van der Waals surface area contributed by atoms with Gasteiger partial charge in [0.05, 0.1) is 12.1 Å². The lowest BCUT2D eigenvalue weighted by molar-refractivity contribution is -0.124. The zero-order valence-corrected chi connectivity index (χ0v) is 12.4. The summed E-state index contributed by atoms with van der Waals surface area (Å²) in [6.45, 7) is 4.58. The minimum Gasteiger partial charge on any atom is -0.490 e. The Morgan fingerprint density at radius 1 is 1.43 bits per heavy atom. The van der Waals surface area contributed by atoms with Gasteiger partial charge in [-0.05, 0) is 44.9 Å². The van der Waals surface area contributed by atoms with E-state index in [1.807, 2.05) is 6.92 Å². The molecule has 1 unspecified atom stereocenters. The molecule has 1 amide bonds. The molecule has 6 heteroatoms. The van der Waals surface area contributed by atoms with Gasteiger partial charge in [-0.15, -0.1) is 0 Å². The van der Waals surface area contributed by atoms with Crippen LogP contribution in [0.2, 0.25) is 0 Å². The Hall–Kier alpha value is -1.69. The Morgan fingerprint density at radius 2 is 2.14 bits per heavy atom. The zero-order valence-electron chi connectivity index (χ0n) is 12.4. The predicted octanol–water partition coefficient (Wildman–Crippen LogP) is 2.37. The molecule has 3 N–H and O–H groups in total. The number of amides is 1. The maximum atomic E-state index is 13.3. The van der Waals surface area contributed by atoms with E-state index in [-0.39, 0.29) is 12.4 Å². The van der Waals surface area contributed by atoms with Gasteiger partial charge in [0.15, 0.2) is 11.6 Å². The van der Waals surface area contributed by atoms with E-state index in [4.69, 9.17) is 10.5 Å². The molecule has 1 aromatic rings. The SMILES string of the molecule is CCCNC(C)(CCCOc1cc(F)ccc1F)C(N)=O. The molecule has 21 heavy (non-hydrogen) atoms. The highest BCUT2D eigenvalue weighted by Crippen LogP contribution is 2.19. The van der Waals surface area contributed by atoms with Crippen molar-refractivity contribution in [1.29, 1.82) is 0 Å². The summed E-state index contributed by atoms with van der Waals surface area (Å²) in [5.41, 5.74) is 4.58. The van der Waals surface area contributed by atoms with E-state index < -0.39 is 23.1 Å². The molecule has 0 radical (unpaired) electrons. The molecule has 0 bridgehead atoms. The maximum Gasteiger partial charge on any atom is 0.237 e. The number of hydrogen-bond donors (Lipinski definition) is 2. The molecular formula is C15H22F2N2O2. The Balaban J connectivity index is 2.47. The maximum absolute atomic E-state index is 13.3. The third kappa shape index (κ3) is 5.30. The summed E-state index contributed by atoms with van der Waals surface area (Å²) in [6.07, 6.45) is 1.83. The van der Waals surface area contributed by atoms with E-state index in [0.29, 0.717) is 19.4 Å². The van der Waals surface area contributed by atoms with Crippen LogP contribution in [0.15, 0.2) is 18.2 Å². The molecule has 0 fully saturated rings. The number of primary amides is 1. The van der Waals surface area contributed by atoms with Crippen LogP contribution in [-0.4, -0.2) is 24.6 Å². The minimum absolute atomic E-state index is 0.128. The van der Waals surface area contributed by atoms with Crippen molar-refractivity contribution in [1.82, 2.24) is 5.32 Å². The fourth-order valence-electron chi connectivity index (χ4n) is 1.90. The summed E-state index contributed by atoms with van der Waals surface area (Å²) in [7, 11) is 0. The third-order valence-corrected chi connectivity index (χ3v) is 3.28.